The van der Waals surface area contributed by atoms with Crippen LogP contribution >= 0.6 is 23.2 Å². The van der Waals surface area contributed by atoms with Crippen LogP contribution in [0.5, 0.6) is 0 Å². The fraction of sp³-hybridized carbons (Fsp3) is 0.176. The molecule has 1 amide bonds. The number of carbonyl (C=O) groups is 1. The highest BCUT2D eigenvalue weighted by Gasteiger charge is 2.45. The molecule has 3 rings (SSSR count). The van der Waals surface area contributed by atoms with Crippen LogP contribution in [0.25, 0.3) is 0 Å². The number of aliphatic imine (C=N–C) groups is 1. The van der Waals surface area contributed by atoms with Crippen molar-refractivity contribution >= 4 is 49.8 Å². The van der Waals surface area contributed by atoms with Gasteiger partial charge in [0.25, 0.3) is 0 Å². The maximum Gasteiger partial charge on any atom is 0.416 e. The second-order valence-electron chi connectivity index (χ2n) is 5.94. The molecule has 11 heteroatoms. The molecule has 5 nitrogen and oxygen atoms in total. The predicted molar refractivity (Wildman–Crippen MR) is 99.6 cm³/mol. The van der Waals surface area contributed by atoms with Crippen molar-refractivity contribution in [1.29, 1.82) is 0 Å². The maximum atomic E-state index is 12.8. The number of alkyl halides is 3. The van der Waals surface area contributed by atoms with E-state index in [1.54, 1.807) is 0 Å². The first-order valence-electron chi connectivity index (χ1n) is 7.73. The predicted octanol–water partition coefficient (Wildman–Crippen LogP) is 4.16. The molecule has 2 aromatic carbocycles. The number of sulfone groups is 1. The average Bonchev–Trinajstić information content (AvgIpc) is 2.80. The summed E-state index contributed by atoms with van der Waals surface area (Å²) < 4.78 is 63.9. The molecule has 1 atom stereocenters. The number of amides is 1. The van der Waals surface area contributed by atoms with E-state index in [4.69, 9.17) is 23.2 Å². The molecule has 0 radical (unpaired) electrons. The van der Waals surface area contributed by atoms with Crippen molar-refractivity contribution < 1.29 is 26.4 Å². The number of hydrogen-bond donors (Lipinski definition) is 1. The van der Waals surface area contributed by atoms with Crippen LogP contribution in [0, 0.1) is 0 Å². The number of carbonyl (C=O) groups excluding carboxylic acids is 1. The van der Waals surface area contributed by atoms with Gasteiger partial charge in [-0.05, 0) is 36.2 Å². The Morgan fingerprint density at radius 3 is 2.46 bits per heavy atom. The van der Waals surface area contributed by atoms with Crippen LogP contribution in [0.1, 0.15) is 11.1 Å². The van der Waals surface area contributed by atoms with E-state index in [2.05, 4.69) is 10.3 Å². The highest BCUT2D eigenvalue weighted by atomic mass is 35.5. The van der Waals surface area contributed by atoms with Crippen LogP contribution in [0.2, 0.25) is 10.0 Å². The zero-order valence-corrected chi connectivity index (χ0v) is 16.1. The molecule has 1 saturated heterocycles. The Kier molecular flexibility index (Phi) is 5.44. The van der Waals surface area contributed by atoms with E-state index < -0.39 is 44.3 Å². The van der Waals surface area contributed by atoms with E-state index in [1.807, 2.05) is 0 Å². The molecular weight excluding hydrogens is 440 g/mol. The first-order chi connectivity index (χ1) is 13.0. The van der Waals surface area contributed by atoms with Gasteiger partial charge in [-0.2, -0.15) is 13.2 Å². The molecule has 0 aliphatic carbocycles. The second kappa shape index (κ2) is 7.38. The minimum absolute atomic E-state index is 0.0596. The Bertz CT molecular complexity index is 1090. The lowest BCUT2D eigenvalue weighted by Crippen LogP contribution is -2.27. The van der Waals surface area contributed by atoms with Gasteiger partial charge in [0.2, 0.25) is 20.9 Å². The van der Waals surface area contributed by atoms with Crippen LogP contribution in [0.3, 0.4) is 0 Å². The quantitative estimate of drug-likeness (QED) is 0.762. The van der Waals surface area contributed by atoms with Crippen molar-refractivity contribution in [1.82, 2.24) is 5.32 Å². The normalized spacial score (nSPS) is 20.4. The van der Waals surface area contributed by atoms with Crippen molar-refractivity contribution in [2.24, 2.45) is 4.99 Å². The van der Waals surface area contributed by atoms with Gasteiger partial charge in [0.15, 0.2) is 5.25 Å². The van der Waals surface area contributed by atoms with Gasteiger partial charge < -0.3 is 0 Å². The molecule has 148 valence electrons. The standard InChI is InChI=1S/C17H11Cl2F3N2O3S/c18-11-4-5-13(12(19)8-11)23-16-24-15(25)14(28(16,26)27)7-9-2-1-3-10(6-9)17(20,21)22/h1-6,8,14H,7H2,(H,23,24,25). The summed E-state index contributed by atoms with van der Waals surface area (Å²) >= 11 is 11.7. The van der Waals surface area contributed by atoms with Gasteiger partial charge in [0.05, 0.1) is 16.3 Å². The fourth-order valence-electron chi connectivity index (χ4n) is 2.60. The summed E-state index contributed by atoms with van der Waals surface area (Å²) in [6.45, 7) is 0. The molecule has 1 N–H and O–H groups in total. The van der Waals surface area contributed by atoms with Crippen LogP contribution in [0.15, 0.2) is 47.5 Å². The summed E-state index contributed by atoms with van der Waals surface area (Å²) in [5.41, 5.74) is -0.795. The van der Waals surface area contributed by atoms with Crippen molar-refractivity contribution in [3.8, 4) is 0 Å². The number of halogens is 5. The molecule has 0 bridgehead atoms. The summed E-state index contributed by atoms with van der Waals surface area (Å²) in [7, 11) is -4.23. The summed E-state index contributed by atoms with van der Waals surface area (Å²) in [5.74, 6) is -0.874. The first kappa shape index (κ1) is 20.6. The third-order valence-corrected chi connectivity index (χ3v) is 6.37. The molecule has 1 unspecified atom stereocenters. The SMILES string of the molecule is O=C1NC(=Nc2ccc(Cl)cc2Cl)S(=O)(=O)C1Cc1cccc(C(F)(F)F)c1. The molecule has 0 aromatic heterocycles. The highest BCUT2D eigenvalue weighted by Crippen LogP contribution is 2.31. The molecule has 0 spiro atoms. The number of benzene rings is 2. The second-order valence-corrected chi connectivity index (χ2v) is 8.83. The summed E-state index contributed by atoms with van der Waals surface area (Å²) in [5, 5.41) is 0.339. The number of hydrogen-bond acceptors (Lipinski definition) is 4. The van der Waals surface area contributed by atoms with E-state index in [9.17, 15) is 26.4 Å². The van der Waals surface area contributed by atoms with E-state index in [0.717, 1.165) is 18.2 Å². The molecule has 0 saturated carbocycles. The molecule has 1 aliphatic rings. The number of nitrogens with zero attached hydrogens (tertiary/aromatic N) is 1. The van der Waals surface area contributed by atoms with Crippen LogP contribution in [0.4, 0.5) is 18.9 Å². The van der Waals surface area contributed by atoms with Crippen molar-refractivity contribution in [3.63, 3.8) is 0 Å². The fourth-order valence-corrected chi connectivity index (χ4v) is 4.54. The Hall–Kier alpha value is -2.10. The maximum absolute atomic E-state index is 12.8. The Labute approximate surface area is 168 Å². The number of rotatable bonds is 3. The van der Waals surface area contributed by atoms with Crippen molar-refractivity contribution in [2.75, 3.05) is 0 Å². The summed E-state index contributed by atoms with van der Waals surface area (Å²) in [6, 6.07) is 8.32. The zero-order chi connectivity index (χ0) is 20.7. The lowest BCUT2D eigenvalue weighted by molar-refractivity contribution is -0.137. The lowest BCUT2D eigenvalue weighted by Gasteiger charge is -2.10. The number of amidine groups is 1. The first-order valence-corrected chi connectivity index (χ1v) is 10.0. The van der Waals surface area contributed by atoms with E-state index in [0.29, 0.717) is 5.02 Å². The van der Waals surface area contributed by atoms with Gasteiger partial charge in [-0.1, -0.05) is 41.4 Å². The Morgan fingerprint density at radius 1 is 1.11 bits per heavy atom. The summed E-state index contributed by atoms with van der Waals surface area (Å²) in [4.78, 5) is 16.0. The minimum atomic E-state index is -4.58. The van der Waals surface area contributed by atoms with E-state index in [1.165, 1.54) is 24.3 Å². The topological polar surface area (TPSA) is 75.6 Å². The molecule has 1 heterocycles. The molecule has 2 aromatic rings. The number of nitrogens with one attached hydrogen (secondary N) is 1. The Balaban J connectivity index is 1.92. The summed E-state index contributed by atoms with van der Waals surface area (Å²) in [6.07, 6.45) is -5.00. The smallest absolute Gasteiger partial charge is 0.300 e. The largest absolute Gasteiger partial charge is 0.416 e. The van der Waals surface area contributed by atoms with Gasteiger partial charge in [-0.25, -0.2) is 13.4 Å². The van der Waals surface area contributed by atoms with E-state index in [-0.39, 0.29) is 16.3 Å². The Morgan fingerprint density at radius 2 is 1.82 bits per heavy atom. The van der Waals surface area contributed by atoms with Gasteiger partial charge in [0, 0.05) is 5.02 Å². The average molecular weight is 451 g/mol. The minimum Gasteiger partial charge on any atom is -0.300 e. The van der Waals surface area contributed by atoms with Gasteiger partial charge in [0.1, 0.15) is 0 Å². The molecule has 1 aliphatic heterocycles. The molecular formula is C17H11Cl2F3N2O3S. The third kappa shape index (κ3) is 4.16. The van der Waals surface area contributed by atoms with Gasteiger partial charge in [-0.3, -0.25) is 10.1 Å². The third-order valence-electron chi connectivity index (χ3n) is 3.97. The molecule has 1 fully saturated rings. The van der Waals surface area contributed by atoms with Crippen molar-refractivity contribution in [2.45, 2.75) is 17.8 Å². The molecule has 28 heavy (non-hydrogen) atoms. The monoisotopic (exact) mass is 450 g/mol. The lowest BCUT2D eigenvalue weighted by atomic mass is 10.1. The van der Waals surface area contributed by atoms with E-state index >= 15 is 0 Å². The zero-order valence-electron chi connectivity index (χ0n) is 13.8. The van der Waals surface area contributed by atoms with Gasteiger partial charge >= 0.3 is 6.18 Å². The highest BCUT2D eigenvalue weighted by molar-refractivity contribution is 8.08. The van der Waals surface area contributed by atoms with Crippen molar-refractivity contribution in [3.05, 3.63) is 63.6 Å². The van der Waals surface area contributed by atoms with Gasteiger partial charge in [-0.15, -0.1) is 0 Å². The van der Waals surface area contributed by atoms with Crippen LogP contribution in [-0.4, -0.2) is 24.7 Å². The van der Waals surface area contributed by atoms with Crippen LogP contribution < -0.4 is 5.32 Å². The van der Waals surface area contributed by atoms with Crippen LogP contribution in [-0.2, 0) is 27.2 Å².